The van der Waals surface area contributed by atoms with Gasteiger partial charge in [-0.05, 0) is 121 Å². The van der Waals surface area contributed by atoms with Crippen LogP contribution in [0.4, 0.5) is 0 Å². The number of pyridine rings is 2. The van der Waals surface area contributed by atoms with E-state index in [-0.39, 0.29) is 17.1 Å². The fraction of sp³-hybridized carbons (Fsp3) is 0.400. The number of rotatable bonds is 8. The molecule has 1 aliphatic heterocycles. The van der Waals surface area contributed by atoms with E-state index in [0.717, 1.165) is 28.9 Å². The number of aromatic nitrogens is 2. The normalized spacial score (nSPS) is 28.1. The molecule has 1 saturated heterocycles. The van der Waals surface area contributed by atoms with E-state index in [0.29, 0.717) is 36.3 Å². The summed E-state index contributed by atoms with van der Waals surface area (Å²) in [6.45, 7) is 0.642. The topological polar surface area (TPSA) is 99.0 Å². The van der Waals surface area contributed by atoms with Gasteiger partial charge in [0.1, 0.15) is 11.4 Å². The largest absolute Gasteiger partial charge is 0.357 e. The van der Waals surface area contributed by atoms with Crippen LogP contribution in [0.5, 0.6) is 0 Å². The minimum absolute atomic E-state index is 0.0192. The van der Waals surface area contributed by atoms with Gasteiger partial charge in [0.15, 0.2) is 5.78 Å². The number of amides is 1. The van der Waals surface area contributed by atoms with E-state index in [2.05, 4.69) is 21.4 Å². The number of allylic oxidation sites excluding steroid dienone is 1. The van der Waals surface area contributed by atoms with Gasteiger partial charge in [-0.25, -0.2) is 0 Å². The Morgan fingerprint density at radius 2 is 1.40 bits per heavy atom. The molecule has 8 rings (SSSR count). The van der Waals surface area contributed by atoms with Crippen LogP contribution >= 0.6 is 0 Å². The van der Waals surface area contributed by atoms with Crippen LogP contribution in [0.15, 0.2) is 85.2 Å². The van der Waals surface area contributed by atoms with Crippen LogP contribution in [0.3, 0.4) is 0 Å². The van der Waals surface area contributed by atoms with E-state index in [9.17, 15) is 14.9 Å². The number of carbonyl (C=O) groups excluding carboxylic acids is 2. The molecule has 5 fully saturated rings. The molecule has 7 nitrogen and oxygen atoms in total. The van der Waals surface area contributed by atoms with Crippen molar-refractivity contribution >= 4 is 11.7 Å². The highest BCUT2D eigenvalue weighted by atomic mass is 16.2. The lowest BCUT2D eigenvalue weighted by Crippen LogP contribution is -2.54. The minimum atomic E-state index is -0.957. The van der Waals surface area contributed by atoms with Gasteiger partial charge in [-0.2, -0.15) is 5.26 Å². The summed E-state index contributed by atoms with van der Waals surface area (Å²) >= 11 is 0. The lowest BCUT2D eigenvalue weighted by atomic mass is 9.49. The molecule has 42 heavy (non-hydrogen) atoms. The molecule has 0 atom stereocenters. The van der Waals surface area contributed by atoms with Gasteiger partial charge in [-0.1, -0.05) is 0 Å². The van der Waals surface area contributed by atoms with Gasteiger partial charge in [0.05, 0.1) is 11.6 Å². The zero-order chi connectivity index (χ0) is 28.7. The standard InChI is InChI=1S/C35H35N5O2/c36-22-26-1-3-30(4-2-26)31(41)16-32-39-35(20-24-5-9-37-10-6-24,21-25-7-11-38-12-8-25)33(42)40(32)23-34-17-27-13-28(18-34)15-29(14-27)19-34/h1-12,16,27-29,39H,13-15,17-21,23H2. The number of carbonyl (C=O) groups is 2. The van der Waals surface area contributed by atoms with Gasteiger partial charge in [-0.3, -0.25) is 24.5 Å². The highest BCUT2D eigenvalue weighted by Crippen LogP contribution is 2.60. The number of nitrogens with zero attached hydrogens (tertiary/aromatic N) is 4. The first-order chi connectivity index (χ1) is 20.4. The molecule has 3 aromatic rings. The molecular formula is C35H35N5O2. The Morgan fingerprint density at radius 3 is 1.90 bits per heavy atom. The van der Waals surface area contributed by atoms with Gasteiger partial charge in [-0.15, -0.1) is 0 Å². The molecule has 3 heterocycles. The maximum absolute atomic E-state index is 14.8. The summed E-state index contributed by atoms with van der Waals surface area (Å²) in [7, 11) is 0. The molecule has 212 valence electrons. The summed E-state index contributed by atoms with van der Waals surface area (Å²) in [4.78, 5) is 38.7. The lowest BCUT2D eigenvalue weighted by molar-refractivity contribution is -0.136. The molecular weight excluding hydrogens is 522 g/mol. The number of benzene rings is 1. The van der Waals surface area contributed by atoms with E-state index in [1.165, 1.54) is 38.5 Å². The summed E-state index contributed by atoms with van der Waals surface area (Å²) in [5.41, 5.74) is 2.16. The van der Waals surface area contributed by atoms with Crippen LogP contribution in [-0.4, -0.2) is 38.6 Å². The second-order valence-corrected chi connectivity index (χ2v) is 13.2. The van der Waals surface area contributed by atoms with Gasteiger partial charge >= 0.3 is 0 Å². The molecule has 4 saturated carbocycles. The molecule has 4 aliphatic carbocycles. The van der Waals surface area contributed by atoms with Gasteiger partial charge < -0.3 is 5.32 Å². The van der Waals surface area contributed by atoms with Crippen molar-refractivity contribution in [1.29, 1.82) is 5.26 Å². The molecule has 7 heteroatoms. The molecule has 1 aromatic carbocycles. The average Bonchev–Trinajstić information content (AvgIpc) is 3.22. The number of nitrogens with one attached hydrogen (secondary N) is 1. The first kappa shape index (κ1) is 26.6. The predicted octanol–water partition coefficient (Wildman–Crippen LogP) is 5.24. The molecule has 0 unspecified atom stereocenters. The summed E-state index contributed by atoms with van der Waals surface area (Å²) in [5.74, 6) is 2.68. The Labute approximate surface area is 246 Å². The van der Waals surface area contributed by atoms with Crippen molar-refractivity contribution in [3.05, 3.63) is 107 Å². The molecule has 4 bridgehead atoms. The van der Waals surface area contributed by atoms with Crippen molar-refractivity contribution in [1.82, 2.24) is 20.2 Å². The molecule has 1 N–H and O–H groups in total. The Kier molecular flexibility index (Phi) is 6.65. The third-order valence-electron chi connectivity index (χ3n) is 10.0. The molecule has 1 amide bonds. The zero-order valence-corrected chi connectivity index (χ0v) is 23.7. The smallest absolute Gasteiger partial charge is 0.254 e. The quantitative estimate of drug-likeness (QED) is 0.300. The highest BCUT2D eigenvalue weighted by molar-refractivity contribution is 6.06. The average molecular weight is 558 g/mol. The van der Waals surface area contributed by atoms with Crippen molar-refractivity contribution in [2.75, 3.05) is 6.54 Å². The number of nitriles is 1. The Bertz CT molecular complexity index is 1480. The maximum atomic E-state index is 14.8. The van der Waals surface area contributed by atoms with Crippen LogP contribution in [0, 0.1) is 34.5 Å². The lowest BCUT2D eigenvalue weighted by Gasteiger charge is -2.57. The van der Waals surface area contributed by atoms with Crippen LogP contribution in [0.1, 0.15) is 65.6 Å². The van der Waals surface area contributed by atoms with Crippen LogP contribution < -0.4 is 5.32 Å². The molecule has 0 spiro atoms. The zero-order valence-electron chi connectivity index (χ0n) is 23.7. The summed E-state index contributed by atoms with van der Waals surface area (Å²) in [6.07, 6.45) is 17.1. The summed E-state index contributed by atoms with van der Waals surface area (Å²) < 4.78 is 0. The first-order valence-corrected chi connectivity index (χ1v) is 15.1. The first-order valence-electron chi connectivity index (χ1n) is 15.1. The second-order valence-electron chi connectivity index (χ2n) is 13.2. The van der Waals surface area contributed by atoms with Crippen molar-refractivity contribution < 1.29 is 9.59 Å². The Morgan fingerprint density at radius 1 is 0.881 bits per heavy atom. The van der Waals surface area contributed by atoms with Crippen molar-refractivity contribution in [3.63, 3.8) is 0 Å². The number of hydrogen-bond acceptors (Lipinski definition) is 6. The monoisotopic (exact) mass is 557 g/mol. The van der Waals surface area contributed by atoms with Crippen molar-refractivity contribution in [2.24, 2.45) is 23.2 Å². The van der Waals surface area contributed by atoms with Gasteiger partial charge in [0.2, 0.25) is 0 Å². The van der Waals surface area contributed by atoms with Gasteiger partial charge in [0.25, 0.3) is 5.91 Å². The third-order valence-corrected chi connectivity index (χ3v) is 10.0. The number of ketones is 1. The highest BCUT2D eigenvalue weighted by Gasteiger charge is 2.55. The Balaban J connectivity index is 1.28. The fourth-order valence-electron chi connectivity index (χ4n) is 8.74. The van der Waals surface area contributed by atoms with Crippen molar-refractivity contribution in [3.8, 4) is 6.07 Å². The molecule has 2 aromatic heterocycles. The maximum Gasteiger partial charge on any atom is 0.254 e. The van der Waals surface area contributed by atoms with E-state index >= 15 is 0 Å². The van der Waals surface area contributed by atoms with Crippen LogP contribution in [0.2, 0.25) is 0 Å². The second kappa shape index (κ2) is 10.5. The fourth-order valence-corrected chi connectivity index (χ4v) is 8.74. The molecule has 0 radical (unpaired) electrons. The van der Waals surface area contributed by atoms with E-state index in [1.54, 1.807) is 55.1 Å². The molecule has 5 aliphatic rings. The van der Waals surface area contributed by atoms with Crippen LogP contribution in [-0.2, 0) is 17.6 Å². The third kappa shape index (κ3) is 5.00. The van der Waals surface area contributed by atoms with Crippen LogP contribution in [0.25, 0.3) is 0 Å². The summed E-state index contributed by atoms with van der Waals surface area (Å²) in [6, 6.07) is 16.6. The van der Waals surface area contributed by atoms with E-state index in [1.807, 2.05) is 29.2 Å². The SMILES string of the molecule is N#Cc1ccc(C(=O)C=C2NC(Cc3ccncc3)(Cc3ccncc3)C(=O)N2CC23CC4CC(CC(C4)C2)C3)cc1. The van der Waals surface area contributed by atoms with E-state index < -0.39 is 5.54 Å². The predicted molar refractivity (Wildman–Crippen MR) is 158 cm³/mol. The van der Waals surface area contributed by atoms with Gasteiger partial charge in [0, 0.05) is 55.8 Å². The Hall–Kier alpha value is -4.31. The summed E-state index contributed by atoms with van der Waals surface area (Å²) in [5, 5.41) is 12.8. The minimum Gasteiger partial charge on any atom is -0.357 e. The van der Waals surface area contributed by atoms with Crippen molar-refractivity contribution in [2.45, 2.75) is 56.9 Å². The number of hydrogen-bond donors (Lipinski definition) is 1. The van der Waals surface area contributed by atoms with E-state index in [4.69, 9.17) is 0 Å².